The maximum atomic E-state index is 11.6. The number of aromatic nitrogens is 3. The first-order chi connectivity index (χ1) is 11.9. The van der Waals surface area contributed by atoms with Crippen LogP contribution in [0.2, 0.25) is 0 Å². The summed E-state index contributed by atoms with van der Waals surface area (Å²) in [4.78, 5) is 16.3. The molecule has 0 aliphatic heterocycles. The second-order valence-electron chi connectivity index (χ2n) is 5.82. The van der Waals surface area contributed by atoms with Gasteiger partial charge < -0.3 is 4.74 Å². The van der Waals surface area contributed by atoms with Gasteiger partial charge in [0.25, 0.3) is 0 Å². The van der Waals surface area contributed by atoms with Crippen LogP contribution < -0.4 is 5.32 Å². The topological polar surface area (TPSA) is 92.8 Å². The van der Waals surface area contributed by atoms with Gasteiger partial charge >= 0.3 is 6.09 Å². The van der Waals surface area contributed by atoms with Gasteiger partial charge in [-0.15, -0.1) is 0 Å². The van der Waals surface area contributed by atoms with Gasteiger partial charge in [0.2, 0.25) is 0 Å². The third-order valence-electron chi connectivity index (χ3n) is 3.95. The zero-order valence-corrected chi connectivity index (χ0v) is 14.4. The molecule has 7 nitrogen and oxygen atoms in total. The molecule has 1 N–H and O–H groups in total. The Morgan fingerprint density at radius 3 is 2.68 bits per heavy atom. The molecular weight excluding hydrogens is 318 g/mol. The number of nitrogens with zero attached hydrogens (tertiary/aromatic N) is 4. The predicted octanol–water partition coefficient (Wildman–Crippen LogP) is 3.40. The number of methoxy groups -OCH3 is 1. The van der Waals surface area contributed by atoms with Crippen molar-refractivity contribution in [3.63, 3.8) is 0 Å². The van der Waals surface area contributed by atoms with E-state index < -0.39 is 6.09 Å². The molecule has 0 aliphatic carbocycles. The van der Waals surface area contributed by atoms with Crippen molar-refractivity contribution in [1.82, 2.24) is 14.8 Å². The van der Waals surface area contributed by atoms with Crippen LogP contribution in [0.15, 0.2) is 24.4 Å². The van der Waals surface area contributed by atoms with Crippen LogP contribution >= 0.6 is 0 Å². The molecule has 3 rings (SSSR count). The highest BCUT2D eigenvalue weighted by atomic mass is 16.5. The van der Waals surface area contributed by atoms with Gasteiger partial charge in [-0.3, -0.25) is 5.32 Å². The molecule has 0 unspecified atom stereocenters. The highest BCUT2D eigenvalue weighted by Crippen LogP contribution is 2.26. The fourth-order valence-corrected chi connectivity index (χ4v) is 2.81. The lowest BCUT2D eigenvalue weighted by Gasteiger charge is -2.12. The number of pyridine rings is 1. The van der Waals surface area contributed by atoms with E-state index in [2.05, 4.69) is 32.3 Å². The number of benzene rings is 1. The molecule has 0 saturated carbocycles. The SMILES string of the molecule is COC(=O)Nc1c(C#N)cnn1-c1cc(C)c2cc(C)cc(C)c2n1. The smallest absolute Gasteiger partial charge is 0.412 e. The summed E-state index contributed by atoms with van der Waals surface area (Å²) in [5, 5.41) is 17.0. The average molecular weight is 335 g/mol. The van der Waals surface area contributed by atoms with Crippen molar-refractivity contribution in [2.24, 2.45) is 0 Å². The molecule has 3 aromatic rings. The number of nitriles is 1. The van der Waals surface area contributed by atoms with Gasteiger partial charge in [0, 0.05) is 5.39 Å². The predicted molar refractivity (Wildman–Crippen MR) is 93.8 cm³/mol. The highest BCUT2D eigenvalue weighted by Gasteiger charge is 2.17. The van der Waals surface area contributed by atoms with Crippen LogP contribution in [0.3, 0.4) is 0 Å². The Bertz CT molecular complexity index is 1030. The van der Waals surface area contributed by atoms with Crippen molar-refractivity contribution >= 4 is 22.8 Å². The number of hydrogen-bond acceptors (Lipinski definition) is 5. The number of ether oxygens (including phenoxy) is 1. The van der Waals surface area contributed by atoms with Gasteiger partial charge in [0.05, 0.1) is 18.8 Å². The lowest BCUT2D eigenvalue weighted by molar-refractivity contribution is 0.186. The molecule has 0 saturated heterocycles. The summed E-state index contributed by atoms with van der Waals surface area (Å²) in [5.41, 5.74) is 4.34. The van der Waals surface area contributed by atoms with E-state index in [1.54, 1.807) is 0 Å². The zero-order chi connectivity index (χ0) is 18.1. The van der Waals surface area contributed by atoms with Crippen molar-refractivity contribution in [3.8, 4) is 11.9 Å². The van der Waals surface area contributed by atoms with Gasteiger partial charge in [-0.1, -0.05) is 11.6 Å². The first-order valence-corrected chi connectivity index (χ1v) is 7.66. The number of rotatable bonds is 2. The van der Waals surface area contributed by atoms with Crippen LogP contribution in [-0.4, -0.2) is 28.0 Å². The quantitative estimate of drug-likeness (QED) is 0.775. The van der Waals surface area contributed by atoms with E-state index in [9.17, 15) is 10.1 Å². The maximum Gasteiger partial charge on any atom is 0.412 e. The molecule has 2 aromatic heterocycles. The number of anilines is 1. The van der Waals surface area contributed by atoms with Crippen molar-refractivity contribution < 1.29 is 9.53 Å². The van der Waals surface area contributed by atoms with Crippen molar-refractivity contribution in [3.05, 3.63) is 46.6 Å². The first-order valence-electron chi connectivity index (χ1n) is 7.66. The number of nitrogens with one attached hydrogen (secondary N) is 1. The van der Waals surface area contributed by atoms with E-state index >= 15 is 0 Å². The number of fused-ring (bicyclic) bond motifs is 1. The summed E-state index contributed by atoms with van der Waals surface area (Å²) in [6.45, 7) is 6.04. The van der Waals surface area contributed by atoms with E-state index in [4.69, 9.17) is 0 Å². The molecule has 126 valence electrons. The van der Waals surface area contributed by atoms with Crippen LogP contribution in [0.1, 0.15) is 22.3 Å². The van der Waals surface area contributed by atoms with Crippen LogP contribution in [0.4, 0.5) is 10.6 Å². The monoisotopic (exact) mass is 335 g/mol. The number of amides is 1. The lowest BCUT2D eigenvalue weighted by atomic mass is 10.0. The van der Waals surface area contributed by atoms with Crippen molar-refractivity contribution in [2.45, 2.75) is 20.8 Å². The Hall–Kier alpha value is -3.40. The molecule has 0 bridgehead atoms. The molecule has 1 amide bonds. The summed E-state index contributed by atoms with van der Waals surface area (Å²) in [6.07, 6.45) is 0.705. The summed E-state index contributed by atoms with van der Waals surface area (Å²) >= 11 is 0. The van der Waals surface area contributed by atoms with E-state index in [0.717, 1.165) is 22.0 Å². The number of carbonyl (C=O) groups excluding carboxylic acids is 1. The number of carbonyl (C=O) groups is 1. The minimum absolute atomic E-state index is 0.227. The number of hydrogen-bond donors (Lipinski definition) is 1. The maximum absolute atomic E-state index is 11.6. The Morgan fingerprint density at radius 2 is 2.00 bits per heavy atom. The molecule has 0 fully saturated rings. The molecule has 7 heteroatoms. The van der Waals surface area contributed by atoms with Crippen molar-refractivity contribution in [2.75, 3.05) is 12.4 Å². The van der Waals surface area contributed by atoms with E-state index in [1.807, 2.05) is 32.9 Å². The fourth-order valence-electron chi connectivity index (χ4n) is 2.81. The third kappa shape index (κ3) is 2.90. The molecule has 2 heterocycles. The summed E-state index contributed by atoms with van der Waals surface area (Å²) in [5.74, 6) is 0.746. The van der Waals surface area contributed by atoms with E-state index in [1.165, 1.54) is 23.6 Å². The summed E-state index contributed by atoms with van der Waals surface area (Å²) in [6, 6.07) is 8.03. The van der Waals surface area contributed by atoms with Gasteiger partial charge in [-0.05, 0) is 44.0 Å². The van der Waals surface area contributed by atoms with E-state index in [-0.39, 0.29) is 11.4 Å². The molecule has 0 aliphatic rings. The molecule has 25 heavy (non-hydrogen) atoms. The summed E-state index contributed by atoms with van der Waals surface area (Å²) in [7, 11) is 1.26. The molecule has 0 atom stereocenters. The average Bonchev–Trinajstić information content (AvgIpc) is 2.98. The molecular formula is C18H17N5O2. The highest BCUT2D eigenvalue weighted by molar-refractivity contribution is 5.88. The summed E-state index contributed by atoms with van der Waals surface area (Å²) < 4.78 is 6.05. The number of aryl methyl sites for hydroxylation is 3. The van der Waals surface area contributed by atoms with Gasteiger partial charge in [0.1, 0.15) is 11.6 Å². The van der Waals surface area contributed by atoms with Crippen LogP contribution in [0.5, 0.6) is 0 Å². The van der Waals surface area contributed by atoms with Crippen molar-refractivity contribution in [1.29, 1.82) is 5.26 Å². The first kappa shape index (κ1) is 16.5. The molecule has 1 aromatic carbocycles. The lowest BCUT2D eigenvalue weighted by Crippen LogP contribution is -2.16. The van der Waals surface area contributed by atoms with Crippen LogP contribution in [-0.2, 0) is 4.74 Å². The second kappa shape index (κ2) is 6.24. The van der Waals surface area contributed by atoms with Gasteiger partial charge in [0.15, 0.2) is 11.6 Å². The Balaban J connectivity index is 2.22. The third-order valence-corrected chi connectivity index (χ3v) is 3.95. The Morgan fingerprint density at radius 1 is 1.24 bits per heavy atom. The second-order valence-corrected chi connectivity index (χ2v) is 5.82. The zero-order valence-electron chi connectivity index (χ0n) is 14.4. The minimum Gasteiger partial charge on any atom is -0.453 e. The Labute approximate surface area is 144 Å². The Kier molecular flexibility index (Phi) is 4.11. The fraction of sp³-hybridized carbons (Fsp3) is 0.222. The minimum atomic E-state index is -0.678. The van der Waals surface area contributed by atoms with E-state index in [0.29, 0.717) is 5.82 Å². The standard InChI is InChI=1S/C18H17N5O2/c1-10-5-12(3)16-14(6-10)11(2)7-15(21-16)23-17(22-18(24)25-4)13(8-19)9-20-23/h5-7,9H,1-4H3,(H,22,24). The van der Waals surface area contributed by atoms with Gasteiger partial charge in [-0.25, -0.2) is 9.78 Å². The normalized spacial score (nSPS) is 10.5. The van der Waals surface area contributed by atoms with Crippen LogP contribution in [0, 0.1) is 32.1 Å². The van der Waals surface area contributed by atoms with Crippen LogP contribution in [0.25, 0.3) is 16.7 Å². The molecule has 0 spiro atoms. The molecule has 0 radical (unpaired) electrons. The van der Waals surface area contributed by atoms with Gasteiger partial charge in [-0.2, -0.15) is 15.0 Å². The largest absolute Gasteiger partial charge is 0.453 e.